The van der Waals surface area contributed by atoms with Crippen LogP contribution in [0.25, 0.3) is 0 Å². The number of esters is 1. The van der Waals surface area contributed by atoms with E-state index in [1.165, 1.54) is 0 Å². The van der Waals surface area contributed by atoms with Crippen LogP contribution in [0.15, 0.2) is 18.2 Å². The van der Waals surface area contributed by atoms with Crippen molar-refractivity contribution < 1.29 is 28.6 Å². The van der Waals surface area contributed by atoms with Gasteiger partial charge in [-0.1, -0.05) is 0 Å². The lowest BCUT2D eigenvalue weighted by Gasteiger charge is -2.42. The molecule has 2 fully saturated rings. The van der Waals surface area contributed by atoms with Gasteiger partial charge in [0.15, 0.2) is 0 Å². The Labute approximate surface area is 156 Å². The number of amides is 2. The van der Waals surface area contributed by atoms with Crippen LogP contribution in [0, 0.1) is 11.8 Å². The number of nitrogens with zero attached hydrogens (tertiary/aromatic N) is 1. The van der Waals surface area contributed by atoms with Crippen LogP contribution < -0.4 is 14.8 Å². The third-order valence-corrected chi connectivity index (χ3v) is 5.85. The first-order valence-electron chi connectivity index (χ1n) is 9.01. The van der Waals surface area contributed by atoms with Crippen LogP contribution in [0.4, 0.5) is 0 Å². The highest BCUT2D eigenvalue weighted by molar-refractivity contribution is 6.02. The Kier molecular flexibility index (Phi) is 4.01. The van der Waals surface area contributed by atoms with Crippen molar-refractivity contribution in [2.24, 2.45) is 11.8 Å². The van der Waals surface area contributed by atoms with Gasteiger partial charge in [-0.25, -0.2) is 0 Å². The maximum atomic E-state index is 12.9. The summed E-state index contributed by atoms with van der Waals surface area (Å²) in [5, 5.41) is 2.62. The first kappa shape index (κ1) is 17.6. The highest BCUT2D eigenvalue weighted by Gasteiger charge is 2.67. The molecule has 27 heavy (non-hydrogen) atoms. The van der Waals surface area contributed by atoms with Crippen molar-refractivity contribution in [3.05, 3.63) is 23.8 Å². The minimum Gasteiger partial charge on any atom is -0.497 e. The minimum absolute atomic E-state index is 0.0899. The van der Waals surface area contributed by atoms with Crippen molar-refractivity contribution in [1.82, 2.24) is 10.2 Å². The Hall–Kier alpha value is -2.77. The predicted molar refractivity (Wildman–Crippen MR) is 93.1 cm³/mol. The zero-order valence-corrected chi connectivity index (χ0v) is 15.5. The third kappa shape index (κ3) is 2.32. The number of carbonyl (C=O) groups excluding carboxylic acids is 3. The molecule has 1 N–H and O–H groups in total. The van der Waals surface area contributed by atoms with Crippen molar-refractivity contribution in [3.63, 3.8) is 0 Å². The first-order valence-corrected chi connectivity index (χ1v) is 9.01. The Morgan fingerprint density at radius 3 is 2.89 bits per heavy atom. The van der Waals surface area contributed by atoms with Crippen LogP contribution in [0.3, 0.4) is 0 Å². The summed E-state index contributed by atoms with van der Waals surface area (Å²) in [5.41, 5.74) is -0.586. The molecule has 8 heteroatoms. The number of hydrogen-bond donors (Lipinski definition) is 1. The second-order valence-electron chi connectivity index (χ2n) is 7.15. The fraction of sp³-hybridized carbons (Fsp3) is 0.526. The molecule has 4 atom stereocenters. The quantitative estimate of drug-likeness (QED) is 0.781. The number of rotatable bonds is 3. The number of fused-ring (bicyclic) bond motifs is 5. The van der Waals surface area contributed by atoms with Crippen molar-refractivity contribution >= 4 is 17.8 Å². The lowest BCUT2D eigenvalue weighted by molar-refractivity contribution is -0.162. The predicted octanol–water partition coefficient (Wildman–Crippen LogP) is 0.655. The normalized spacial score (nSPS) is 31.2. The van der Waals surface area contributed by atoms with Crippen LogP contribution in [0.2, 0.25) is 0 Å². The Morgan fingerprint density at radius 2 is 2.19 bits per heavy atom. The summed E-state index contributed by atoms with van der Waals surface area (Å²) in [7, 11) is 1.56. The van der Waals surface area contributed by atoms with Crippen LogP contribution in [-0.2, 0) is 19.1 Å². The Balaban J connectivity index is 1.89. The van der Waals surface area contributed by atoms with Gasteiger partial charge in [-0.15, -0.1) is 0 Å². The van der Waals surface area contributed by atoms with E-state index >= 15 is 0 Å². The molecule has 0 bridgehead atoms. The average Bonchev–Trinajstić information content (AvgIpc) is 2.95. The maximum Gasteiger partial charge on any atom is 0.312 e. The summed E-state index contributed by atoms with van der Waals surface area (Å²) < 4.78 is 16.5. The van der Waals surface area contributed by atoms with E-state index in [1.807, 2.05) is 0 Å². The molecule has 0 aliphatic carbocycles. The molecule has 2 saturated heterocycles. The summed E-state index contributed by atoms with van der Waals surface area (Å²) >= 11 is 0. The number of ether oxygens (including phenoxy) is 3. The van der Waals surface area contributed by atoms with Gasteiger partial charge in [0.25, 0.3) is 0 Å². The van der Waals surface area contributed by atoms with Gasteiger partial charge in [-0.3, -0.25) is 14.4 Å². The smallest absolute Gasteiger partial charge is 0.312 e. The van der Waals surface area contributed by atoms with Crippen molar-refractivity contribution in [1.29, 1.82) is 0 Å². The molecule has 0 saturated carbocycles. The summed E-state index contributed by atoms with van der Waals surface area (Å²) in [6, 6.07) is 4.91. The van der Waals surface area contributed by atoms with Gasteiger partial charge >= 0.3 is 5.97 Å². The number of hydrogen-bond acceptors (Lipinski definition) is 6. The number of piperazine rings is 1. The monoisotopic (exact) mass is 374 g/mol. The molecule has 3 unspecified atom stereocenters. The highest BCUT2D eigenvalue weighted by Crippen LogP contribution is 2.56. The molecule has 0 aromatic heterocycles. The fourth-order valence-corrected chi connectivity index (χ4v) is 4.71. The third-order valence-electron chi connectivity index (χ3n) is 5.85. The van der Waals surface area contributed by atoms with E-state index in [4.69, 9.17) is 14.2 Å². The minimum atomic E-state index is -1.33. The van der Waals surface area contributed by atoms with Gasteiger partial charge in [-0.2, -0.15) is 0 Å². The Morgan fingerprint density at radius 1 is 1.41 bits per heavy atom. The lowest BCUT2D eigenvalue weighted by Crippen LogP contribution is -2.66. The SMILES string of the molecule is CCOC(=O)C1C2COc3ccc(OC)cc3C2N2C(=O)CNC(=O)[C@@]12C. The van der Waals surface area contributed by atoms with Crippen LogP contribution >= 0.6 is 0 Å². The maximum absolute atomic E-state index is 12.9. The van der Waals surface area contributed by atoms with Gasteiger partial charge < -0.3 is 24.4 Å². The molecule has 3 aliphatic rings. The number of methoxy groups -OCH3 is 1. The highest BCUT2D eigenvalue weighted by atomic mass is 16.5. The topological polar surface area (TPSA) is 94.2 Å². The van der Waals surface area contributed by atoms with Crippen molar-refractivity contribution in [2.45, 2.75) is 25.4 Å². The van der Waals surface area contributed by atoms with E-state index in [9.17, 15) is 14.4 Å². The van der Waals surface area contributed by atoms with E-state index in [1.54, 1.807) is 44.1 Å². The van der Waals surface area contributed by atoms with E-state index in [-0.39, 0.29) is 37.5 Å². The molecule has 3 aliphatic heterocycles. The molecular weight excluding hydrogens is 352 g/mol. The molecule has 1 aromatic carbocycles. The zero-order chi connectivity index (χ0) is 19.3. The standard InChI is InChI=1S/C19H22N2O6/c1-4-26-17(23)15-12-9-27-13-6-5-10(25-3)7-11(13)16(12)21-14(22)8-20-18(24)19(15,21)2/h5-7,12,15-16H,4,8-9H2,1-3H3,(H,20,24)/t12?,15?,16?,19-/m1/s1. The second-order valence-corrected chi connectivity index (χ2v) is 7.15. The molecule has 0 spiro atoms. The number of carbonyl (C=O) groups is 3. The molecule has 144 valence electrons. The molecular formula is C19H22N2O6. The zero-order valence-electron chi connectivity index (χ0n) is 15.5. The van der Waals surface area contributed by atoms with Gasteiger partial charge in [0.05, 0.1) is 38.8 Å². The molecule has 0 radical (unpaired) electrons. The lowest BCUT2D eigenvalue weighted by atomic mass is 9.77. The number of nitrogens with one attached hydrogen (secondary N) is 1. The molecule has 1 aromatic rings. The summed E-state index contributed by atoms with van der Waals surface area (Å²) in [6.07, 6.45) is 0. The summed E-state index contributed by atoms with van der Waals surface area (Å²) in [4.78, 5) is 40.1. The van der Waals surface area contributed by atoms with Gasteiger partial charge in [-0.05, 0) is 32.0 Å². The van der Waals surface area contributed by atoms with E-state index < -0.39 is 23.5 Å². The van der Waals surface area contributed by atoms with Gasteiger partial charge in [0.1, 0.15) is 17.0 Å². The van der Waals surface area contributed by atoms with E-state index in [0.717, 1.165) is 5.56 Å². The second kappa shape index (κ2) is 6.14. The molecule has 4 rings (SSSR count). The summed E-state index contributed by atoms with van der Waals surface area (Å²) in [6.45, 7) is 3.68. The van der Waals surface area contributed by atoms with E-state index in [0.29, 0.717) is 11.5 Å². The van der Waals surface area contributed by atoms with Crippen molar-refractivity contribution in [3.8, 4) is 11.5 Å². The van der Waals surface area contributed by atoms with E-state index in [2.05, 4.69) is 5.32 Å². The summed E-state index contributed by atoms with van der Waals surface area (Å²) in [5.74, 6) is -1.02. The van der Waals surface area contributed by atoms with Gasteiger partial charge in [0.2, 0.25) is 11.8 Å². The average molecular weight is 374 g/mol. The van der Waals surface area contributed by atoms with Gasteiger partial charge in [0, 0.05) is 11.5 Å². The van der Waals surface area contributed by atoms with Crippen LogP contribution in [-0.4, -0.2) is 55.1 Å². The molecule has 3 heterocycles. The largest absolute Gasteiger partial charge is 0.497 e. The van der Waals surface area contributed by atoms with Crippen molar-refractivity contribution in [2.75, 3.05) is 26.9 Å². The molecule has 2 amide bonds. The van der Waals surface area contributed by atoms with Crippen LogP contribution in [0.1, 0.15) is 25.5 Å². The fourth-order valence-electron chi connectivity index (χ4n) is 4.71. The first-order chi connectivity index (χ1) is 12.9. The number of benzene rings is 1. The molecule has 8 nitrogen and oxygen atoms in total. The van der Waals surface area contributed by atoms with Crippen LogP contribution in [0.5, 0.6) is 11.5 Å². The Bertz CT molecular complexity index is 824.